The van der Waals surface area contributed by atoms with Crippen molar-refractivity contribution in [2.45, 2.75) is 366 Å². The number of aliphatic hydroxyl groups is 2. The maximum atomic E-state index is 12.5. The Morgan fingerprint density at radius 3 is 1.01 bits per heavy atom. The molecule has 0 fully saturated rings. The van der Waals surface area contributed by atoms with Gasteiger partial charge < -0.3 is 20.3 Å². The number of hydrogen-bond acceptors (Lipinski definition) is 5. The maximum Gasteiger partial charge on any atom is 0.305 e. The molecule has 6 heteroatoms. The molecule has 0 heterocycles. The average Bonchev–Trinajstić information content (AvgIpc) is 3.37. The lowest BCUT2D eigenvalue weighted by atomic mass is 10.0. The van der Waals surface area contributed by atoms with Crippen molar-refractivity contribution >= 4 is 11.9 Å². The van der Waals surface area contributed by atoms with Gasteiger partial charge in [-0.3, -0.25) is 9.59 Å². The molecule has 0 saturated heterocycles. The lowest BCUT2D eigenvalue weighted by Crippen LogP contribution is -2.45. The largest absolute Gasteiger partial charge is 0.466 e. The summed E-state index contributed by atoms with van der Waals surface area (Å²) >= 11 is 0. The molecule has 0 bridgehead atoms. The molecule has 1 amide bonds. The van der Waals surface area contributed by atoms with E-state index >= 15 is 0 Å². The molecule has 0 aromatic carbocycles. The van der Waals surface area contributed by atoms with Crippen LogP contribution in [0.15, 0.2) is 24.3 Å². The molecule has 6 nitrogen and oxygen atoms in total. The van der Waals surface area contributed by atoms with Gasteiger partial charge in [-0.2, -0.15) is 0 Å². The second-order valence-electron chi connectivity index (χ2n) is 22.1. The number of nitrogens with one attached hydrogen (secondary N) is 1. The van der Waals surface area contributed by atoms with Crippen LogP contribution in [0.4, 0.5) is 0 Å². The van der Waals surface area contributed by atoms with E-state index in [1.165, 1.54) is 276 Å². The number of esters is 1. The summed E-state index contributed by atoms with van der Waals surface area (Å²) < 4.78 is 5.47. The van der Waals surface area contributed by atoms with Crippen LogP contribution in [0.5, 0.6) is 0 Å². The number of allylic oxidation sites excluding steroid dienone is 4. The van der Waals surface area contributed by atoms with Crippen LogP contribution >= 0.6 is 0 Å². The number of aliphatic hydroxyl groups excluding tert-OH is 2. The molecule has 0 aliphatic carbocycles. The van der Waals surface area contributed by atoms with Crippen molar-refractivity contribution in [1.29, 1.82) is 0 Å². The second kappa shape index (κ2) is 60.9. The molecule has 0 aromatic rings. The molecule has 2 atom stereocenters. The van der Waals surface area contributed by atoms with Gasteiger partial charge in [-0.25, -0.2) is 0 Å². The van der Waals surface area contributed by atoms with E-state index in [9.17, 15) is 19.8 Å². The van der Waals surface area contributed by atoms with Gasteiger partial charge in [0, 0.05) is 12.8 Å². The van der Waals surface area contributed by atoms with Crippen LogP contribution in [0.2, 0.25) is 0 Å². The summed E-state index contributed by atoms with van der Waals surface area (Å²) in [6.45, 7) is 4.95. The van der Waals surface area contributed by atoms with Gasteiger partial charge in [0.25, 0.3) is 0 Å². The van der Waals surface area contributed by atoms with Crippen molar-refractivity contribution in [3.8, 4) is 0 Å². The van der Waals surface area contributed by atoms with Gasteiger partial charge in [0.15, 0.2) is 0 Å². The first kappa shape index (κ1) is 69.3. The number of carbonyl (C=O) groups excluding carboxylic acids is 2. The van der Waals surface area contributed by atoms with E-state index in [0.717, 1.165) is 44.9 Å². The smallest absolute Gasteiger partial charge is 0.305 e. The first-order chi connectivity index (χ1) is 35.0. The second-order valence-corrected chi connectivity index (χ2v) is 22.1. The number of hydrogen-bond donors (Lipinski definition) is 3. The number of unbranched alkanes of at least 4 members (excludes halogenated alkanes) is 45. The van der Waals surface area contributed by atoms with Gasteiger partial charge in [0.05, 0.1) is 25.4 Å². The van der Waals surface area contributed by atoms with Gasteiger partial charge in [-0.15, -0.1) is 0 Å². The third kappa shape index (κ3) is 57.5. The Kier molecular flexibility index (Phi) is 59.5. The summed E-state index contributed by atoms with van der Waals surface area (Å²) in [6, 6.07) is -0.539. The zero-order valence-corrected chi connectivity index (χ0v) is 48.0. The van der Waals surface area contributed by atoms with E-state index in [-0.39, 0.29) is 18.5 Å². The Morgan fingerprint density at radius 2 is 0.662 bits per heavy atom. The topological polar surface area (TPSA) is 95.9 Å². The number of carbonyl (C=O) groups is 2. The quantitative estimate of drug-likeness (QED) is 0.0320. The van der Waals surface area contributed by atoms with Crippen LogP contribution in [0.1, 0.15) is 354 Å². The van der Waals surface area contributed by atoms with E-state index in [4.69, 9.17) is 4.74 Å². The summed E-state index contributed by atoms with van der Waals surface area (Å²) in [5, 5.41) is 23.2. The lowest BCUT2D eigenvalue weighted by Gasteiger charge is -2.22. The van der Waals surface area contributed by atoms with Gasteiger partial charge in [0.2, 0.25) is 5.91 Å². The summed E-state index contributed by atoms with van der Waals surface area (Å²) in [7, 11) is 0. The fraction of sp³-hybridized carbons (Fsp3) is 0.908. The van der Waals surface area contributed by atoms with Crippen LogP contribution < -0.4 is 5.32 Å². The van der Waals surface area contributed by atoms with Crippen molar-refractivity contribution in [3.63, 3.8) is 0 Å². The zero-order valence-electron chi connectivity index (χ0n) is 48.0. The van der Waals surface area contributed by atoms with Crippen LogP contribution in [0, 0.1) is 0 Å². The summed E-state index contributed by atoms with van der Waals surface area (Å²) in [5.41, 5.74) is 0. The normalized spacial score (nSPS) is 12.7. The fourth-order valence-corrected chi connectivity index (χ4v) is 10.0. The molecular weight excluding hydrogens is 875 g/mol. The number of ether oxygens (including phenoxy) is 1. The molecule has 0 aromatic heterocycles. The molecule has 0 radical (unpaired) electrons. The molecule has 0 aliphatic heterocycles. The molecule has 420 valence electrons. The highest BCUT2D eigenvalue weighted by Gasteiger charge is 2.20. The fourth-order valence-electron chi connectivity index (χ4n) is 10.0. The van der Waals surface area contributed by atoms with Crippen molar-refractivity contribution in [2.75, 3.05) is 13.2 Å². The third-order valence-corrected chi connectivity index (χ3v) is 15.0. The maximum absolute atomic E-state index is 12.5. The predicted octanol–water partition coefficient (Wildman–Crippen LogP) is 20.2. The van der Waals surface area contributed by atoms with Crippen LogP contribution in [-0.4, -0.2) is 47.4 Å². The van der Waals surface area contributed by atoms with E-state index in [1.807, 2.05) is 0 Å². The van der Waals surface area contributed by atoms with Crippen LogP contribution in [0.3, 0.4) is 0 Å². The van der Waals surface area contributed by atoms with Gasteiger partial charge in [-0.05, 0) is 77.0 Å². The number of rotatable bonds is 60. The van der Waals surface area contributed by atoms with Crippen molar-refractivity contribution in [3.05, 3.63) is 24.3 Å². The molecule has 0 spiro atoms. The summed E-state index contributed by atoms with van der Waals surface area (Å²) in [5.74, 6) is -0.0258. The average molecular weight is 1000 g/mol. The first-order valence-electron chi connectivity index (χ1n) is 32.1. The van der Waals surface area contributed by atoms with Gasteiger partial charge >= 0.3 is 5.97 Å². The molecule has 0 rings (SSSR count). The Labute approximate surface area is 443 Å². The lowest BCUT2D eigenvalue weighted by molar-refractivity contribution is -0.143. The van der Waals surface area contributed by atoms with Crippen LogP contribution in [-0.2, 0) is 14.3 Å². The van der Waals surface area contributed by atoms with Gasteiger partial charge in [0.1, 0.15) is 0 Å². The minimum Gasteiger partial charge on any atom is -0.466 e. The highest BCUT2D eigenvalue weighted by atomic mass is 16.5. The van der Waals surface area contributed by atoms with Crippen molar-refractivity contribution < 1.29 is 24.5 Å². The minimum atomic E-state index is -0.662. The predicted molar refractivity (Wildman–Crippen MR) is 310 cm³/mol. The zero-order chi connectivity index (χ0) is 51.4. The molecular formula is C65H125NO5. The first-order valence-corrected chi connectivity index (χ1v) is 32.1. The van der Waals surface area contributed by atoms with Crippen molar-refractivity contribution in [2.24, 2.45) is 0 Å². The number of amides is 1. The Balaban J connectivity index is 3.35. The standard InChI is InChI=1S/C65H125NO5/c1-3-5-7-9-11-13-15-34-39-43-47-51-55-59-65(70)71-60-56-52-48-44-40-36-33-31-29-27-25-23-21-19-17-18-20-22-24-26-28-30-32-35-38-42-46-50-54-58-64(69)66-62(61-67)63(68)57-53-49-45-41-37-16-14-12-10-8-6-4-2/h13,15,17,19,62-63,67-68H,3-12,14,16,18,20-61H2,1-2H3,(H,66,69)/b15-13-,19-17-. The minimum absolute atomic E-state index is 0.00744. The highest BCUT2D eigenvalue weighted by molar-refractivity contribution is 5.76. The Hall–Kier alpha value is -1.66. The Bertz CT molecular complexity index is 1110. The van der Waals surface area contributed by atoms with Crippen LogP contribution in [0.25, 0.3) is 0 Å². The van der Waals surface area contributed by atoms with Crippen molar-refractivity contribution in [1.82, 2.24) is 5.32 Å². The summed E-state index contributed by atoms with van der Waals surface area (Å²) in [4.78, 5) is 24.5. The van der Waals surface area contributed by atoms with E-state index in [1.54, 1.807) is 0 Å². The molecule has 2 unspecified atom stereocenters. The van der Waals surface area contributed by atoms with Gasteiger partial charge in [-0.1, -0.05) is 289 Å². The van der Waals surface area contributed by atoms with E-state index in [2.05, 4.69) is 43.5 Å². The molecule has 0 aliphatic rings. The van der Waals surface area contributed by atoms with E-state index < -0.39 is 12.1 Å². The molecule has 0 saturated carbocycles. The molecule has 3 N–H and O–H groups in total. The molecule has 71 heavy (non-hydrogen) atoms. The SMILES string of the molecule is CCCCCC/C=C\CCCCCCCC(=O)OCCCCCCCCCCCCCC/C=C\CCCCCCCCCCCCCCCC(=O)NC(CO)C(O)CCCCCCCCCCCCCC. The Morgan fingerprint density at radius 1 is 0.380 bits per heavy atom. The monoisotopic (exact) mass is 1000 g/mol. The third-order valence-electron chi connectivity index (χ3n) is 15.0. The summed E-state index contributed by atoms with van der Waals surface area (Å²) in [6.07, 6.45) is 74.9. The van der Waals surface area contributed by atoms with E-state index in [0.29, 0.717) is 25.9 Å². The highest BCUT2D eigenvalue weighted by Crippen LogP contribution is 2.18.